The first-order valence-electron chi connectivity index (χ1n) is 6.77. The van der Waals surface area contributed by atoms with Gasteiger partial charge in [-0.2, -0.15) is 0 Å². The van der Waals surface area contributed by atoms with Crippen LogP contribution in [0.2, 0.25) is 5.02 Å². The predicted octanol–water partition coefficient (Wildman–Crippen LogP) is 3.37. The number of nitrogens with zero attached hydrogens (tertiary/aromatic N) is 2. The number of aromatic hydroxyl groups is 1. The SMILES string of the molecule is Oc1ccc(N2CCN(c3ccc(Cl)cc3)CC2)cc1. The number of hydrogen-bond donors (Lipinski definition) is 1. The van der Waals surface area contributed by atoms with Crippen LogP contribution in [0.4, 0.5) is 11.4 Å². The molecule has 0 radical (unpaired) electrons. The average molecular weight is 289 g/mol. The standard InChI is InChI=1S/C16H17ClN2O/c17-13-1-3-14(4-2-13)18-9-11-19(12-10-18)15-5-7-16(20)8-6-15/h1-8,20H,9-12H2. The molecule has 2 aromatic rings. The van der Waals surface area contributed by atoms with E-state index < -0.39 is 0 Å². The van der Waals surface area contributed by atoms with Crippen LogP contribution >= 0.6 is 11.6 Å². The first-order chi connectivity index (χ1) is 9.72. The van der Waals surface area contributed by atoms with Crippen molar-refractivity contribution in [1.29, 1.82) is 0 Å². The van der Waals surface area contributed by atoms with Gasteiger partial charge in [0.1, 0.15) is 5.75 Å². The Morgan fingerprint density at radius 1 is 0.700 bits per heavy atom. The van der Waals surface area contributed by atoms with Crippen molar-refractivity contribution in [1.82, 2.24) is 0 Å². The van der Waals surface area contributed by atoms with Gasteiger partial charge in [0.25, 0.3) is 0 Å². The molecule has 0 amide bonds. The first kappa shape index (κ1) is 13.1. The number of halogens is 1. The molecule has 0 saturated carbocycles. The highest BCUT2D eigenvalue weighted by Crippen LogP contribution is 2.23. The molecule has 1 saturated heterocycles. The maximum atomic E-state index is 9.33. The summed E-state index contributed by atoms with van der Waals surface area (Å²) in [5.74, 6) is 0.313. The van der Waals surface area contributed by atoms with Crippen LogP contribution in [-0.4, -0.2) is 31.3 Å². The smallest absolute Gasteiger partial charge is 0.115 e. The highest BCUT2D eigenvalue weighted by molar-refractivity contribution is 6.30. The van der Waals surface area contributed by atoms with Crippen LogP contribution in [0.25, 0.3) is 0 Å². The lowest BCUT2D eigenvalue weighted by atomic mass is 10.2. The Morgan fingerprint density at radius 2 is 1.10 bits per heavy atom. The van der Waals surface area contributed by atoms with E-state index in [1.807, 2.05) is 24.3 Å². The van der Waals surface area contributed by atoms with Crippen molar-refractivity contribution in [2.75, 3.05) is 36.0 Å². The van der Waals surface area contributed by atoms with Gasteiger partial charge >= 0.3 is 0 Å². The van der Waals surface area contributed by atoms with Crippen molar-refractivity contribution < 1.29 is 5.11 Å². The van der Waals surface area contributed by atoms with E-state index in [9.17, 15) is 5.11 Å². The Labute approximate surface area is 124 Å². The number of anilines is 2. The van der Waals surface area contributed by atoms with E-state index in [1.165, 1.54) is 11.4 Å². The minimum Gasteiger partial charge on any atom is -0.508 e. The lowest BCUT2D eigenvalue weighted by molar-refractivity contribution is 0.475. The number of phenolic OH excluding ortho intramolecular Hbond substituents is 1. The van der Waals surface area contributed by atoms with Gasteiger partial charge in [-0.05, 0) is 48.5 Å². The van der Waals surface area contributed by atoms with Crippen LogP contribution in [0.1, 0.15) is 0 Å². The Balaban J connectivity index is 1.64. The molecule has 20 heavy (non-hydrogen) atoms. The Bertz CT molecular complexity index is 507. The van der Waals surface area contributed by atoms with E-state index in [4.69, 9.17) is 11.6 Å². The van der Waals surface area contributed by atoms with Crippen LogP contribution in [0, 0.1) is 0 Å². The van der Waals surface area contributed by atoms with Gasteiger partial charge < -0.3 is 14.9 Å². The van der Waals surface area contributed by atoms with Crippen LogP contribution in [-0.2, 0) is 0 Å². The van der Waals surface area contributed by atoms with E-state index in [-0.39, 0.29) is 0 Å². The van der Waals surface area contributed by atoms with E-state index in [0.717, 1.165) is 31.2 Å². The maximum Gasteiger partial charge on any atom is 0.115 e. The first-order valence-corrected chi connectivity index (χ1v) is 7.15. The maximum absolute atomic E-state index is 9.33. The molecular formula is C16H17ClN2O. The number of rotatable bonds is 2. The van der Waals surface area contributed by atoms with Gasteiger partial charge in [0, 0.05) is 42.6 Å². The van der Waals surface area contributed by atoms with Gasteiger partial charge in [-0.3, -0.25) is 0 Å². The second-order valence-corrected chi connectivity index (χ2v) is 5.40. The third-order valence-electron chi connectivity index (χ3n) is 3.69. The summed E-state index contributed by atoms with van der Waals surface area (Å²) >= 11 is 5.92. The highest BCUT2D eigenvalue weighted by Gasteiger charge is 2.17. The third kappa shape index (κ3) is 2.83. The topological polar surface area (TPSA) is 26.7 Å². The van der Waals surface area contributed by atoms with Crippen molar-refractivity contribution in [3.8, 4) is 5.75 Å². The lowest BCUT2D eigenvalue weighted by Gasteiger charge is -2.37. The summed E-state index contributed by atoms with van der Waals surface area (Å²) in [4.78, 5) is 4.71. The minimum atomic E-state index is 0.313. The van der Waals surface area contributed by atoms with Crippen molar-refractivity contribution in [2.45, 2.75) is 0 Å². The van der Waals surface area contributed by atoms with Crippen molar-refractivity contribution in [2.24, 2.45) is 0 Å². The summed E-state index contributed by atoms with van der Waals surface area (Å²) in [6.45, 7) is 3.94. The fourth-order valence-corrected chi connectivity index (χ4v) is 2.66. The second-order valence-electron chi connectivity index (χ2n) is 4.97. The summed E-state index contributed by atoms with van der Waals surface area (Å²) in [5, 5.41) is 10.1. The molecule has 1 N–H and O–H groups in total. The van der Waals surface area contributed by atoms with Crippen LogP contribution < -0.4 is 9.80 Å². The molecule has 0 atom stereocenters. The highest BCUT2D eigenvalue weighted by atomic mass is 35.5. The van der Waals surface area contributed by atoms with E-state index in [1.54, 1.807) is 12.1 Å². The summed E-state index contributed by atoms with van der Waals surface area (Å²) < 4.78 is 0. The van der Waals surface area contributed by atoms with Crippen molar-refractivity contribution in [3.05, 3.63) is 53.6 Å². The van der Waals surface area contributed by atoms with E-state index in [2.05, 4.69) is 21.9 Å². The molecular weight excluding hydrogens is 272 g/mol. The second kappa shape index (κ2) is 5.63. The number of benzene rings is 2. The average Bonchev–Trinajstić information content (AvgIpc) is 2.49. The zero-order valence-corrected chi connectivity index (χ0v) is 11.9. The molecule has 0 aliphatic carbocycles. The van der Waals surface area contributed by atoms with Gasteiger partial charge in [0.05, 0.1) is 0 Å². The molecule has 1 heterocycles. The predicted molar refractivity (Wildman–Crippen MR) is 84.0 cm³/mol. The molecule has 1 aliphatic heterocycles. The fraction of sp³-hybridized carbons (Fsp3) is 0.250. The third-order valence-corrected chi connectivity index (χ3v) is 3.94. The quantitative estimate of drug-likeness (QED) is 0.918. The fourth-order valence-electron chi connectivity index (χ4n) is 2.54. The number of piperazine rings is 1. The largest absolute Gasteiger partial charge is 0.508 e. The van der Waals surface area contributed by atoms with Gasteiger partial charge in [-0.15, -0.1) is 0 Å². The van der Waals surface area contributed by atoms with Gasteiger partial charge in [-0.25, -0.2) is 0 Å². The molecule has 3 nitrogen and oxygen atoms in total. The molecule has 0 spiro atoms. The number of hydrogen-bond acceptors (Lipinski definition) is 3. The molecule has 1 fully saturated rings. The molecule has 0 unspecified atom stereocenters. The van der Waals surface area contributed by atoms with Crippen LogP contribution in [0.15, 0.2) is 48.5 Å². The van der Waals surface area contributed by atoms with Crippen LogP contribution in [0.5, 0.6) is 5.75 Å². The summed E-state index contributed by atoms with van der Waals surface area (Å²) in [6.07, 6.45) is 0. The minimum absolute atomic E-state index is 0.313. The van der Waals surface area contributed by atoms with Crippen LogP contribution in [0.3, 0.4) is 0 Å². The van der Waals surface area contributed by atoms with Gasteiger partial charge in [-0.1, -0.05) is 11.6 Å². The Hall–Kier alpha value is -1.87. The molecule has 0 bridgehead atoms. The normalized spacial score (nSPS) is 15.4. The summed E-state index contributed by atoms with van der Waals surface area (Å²) in [5.41, 5.74) is 2.39. The zero-order valence-electron chi connectivity index (χ0n) is 11.2. The Kier molecular flexibility index (Phi) is 3.70. The molecule has 0 aromatic heterocycles. The Morgan fingerprint density at radius 3 is 1.55 bits per heavy atom. The zero-order chi connectivity index (χ0) is 13.9. The molecule has 4 heteroatoms. The molecule has 3 rings (SSSR count). The molecule has 1 aliphatic rings. The molecule has 2 aromatic carbocycles. The van der Waals surface area contributed by atoms with E-state index in [0.29, 0.717) is 5.75 Å². The summed E-state index contributed by atoms with van der Waals surface area (Å²) in [7, 11) is 0. The molecule has 104 valence electrons. The van der Waals surface area contributed by atoms with Crippen molar-refractivity contribution in [3.63, 3.8) is 0 Å². The van der Waals surface area contributed by atoms with Gasteiger partial charge in [0.2, 0.25) is 0 Å². The van der Waals surface area contributed by atoms with Crippen molar-refractivity contribution >= 4 is 23.0 Å². The summed E-state index contributed by atoms with van der Waals surface area (Å²) in [6, 6.07) is 15.4. The van der Waals surface area contributed by atoms with Gasteiger partial charge in [0.15, 0.2) is 0 Å². The van der Waals surface area contributed by atoms with E-state index >= 15 is 0 Å². The number of phenols is 1. The monoisotopic (exact) mass is 288 g/mol. The lowest BCUT2D eigenvalue weighted by Crippen LogP contribution is -2.46.